The molecule has 3 aliphatic heterocycles. The summed E-state index contributed by atoms with van der Waals surface area (Å²) in [5.41, 5.74) is 3.33. The van der Waals surface area contributed by atoms with E-state index < -0.39 is 6.09 Å². The number of nitrogens with zero attached hydrogens (tertiary/aromatic N) is 4. The number of anilines is 1. The highest BCUT2D eigenvalue weighted by Gasteiger charge is 2.48. The molecule has 1 N–H and O–H groups in total. The van der Waals surface area contributed by atoms with E-state index in [9.17, 15) is 9.90 Å². The van der Waals surface area contributed by atoms with Crippen molar-refractivity contribution in [2.45, 2.75) is 31.5 Å². The van der Waals surface area contributed by atoms with Crippen LogP contribution >= 0.6 is 11.3 Å². The number of hydrogen-bond donors (Lipinski definition) is 1. The summed E-state index contributed by atoms with van der Waals surface area (Å²) in [5, 5.41) is 12.1. The van der Waals surface area contributed by atoms with Gasteiger partial charge in [-0.25, -0.2) is 9.78 Å². The molecule has 3 unspecified atom stereocenters. The van der Waals surface area contributed by atoms with E-state index in [-0.39, 0.29) is 18.2 Å². The van der Waals surface area contributed by atoms with Gasteiger partial charge in [-0.1, -0.05) is 6.07 Å². The molecule has 6 rings (SSSR count). The molecule has 1 aromatic carbocycles. The van der Waals surface area contributed by atoms with Gasteiger partial charge >= 0.3 is 6.09 Å². The van der Waals surface area contributed by atoms with E-state index in [0.717, 1.165) is 28.1 Å². The SMILES string of the molecule is COC(C)c1ccc(-c2nccs2)c2oc(N3CC4CC(C3)N4C(=O)O)nc12. The molecule has 2 aromatic heterocycles. The first-order valence-electron chi connectivity index (χ1n) is 9.19. The van der Waals surface area contributed by atoms with Crippen molar-refractivity contribution in [2.24, 2.45) is 0 Å². The number of carbonyl (C=O) groups is 1. The molecule has 3 aromatic rings. The van der Waals surface area contributed by atoms with Gasteiger partial charge < -0.3 is 19.2 Å². The Morgan fingerprint density at radius 3 is 2.82 bits per heavy atom. The van der Waals surface area contributed by atoms with Crippen LogP contribution in [0.2, 0.25) is 0 Å². The summed E-state index contributed by atoms with van der Waals surface area (Å²) in [6.45, 7) is 3.17. The number of rotatable bonds is 4. The van der Waals surface area contributed by atoms with Gasteiger partial charge in [-0.2, -0.15) is 4.98 Å². The summed E-state index contributed by atoms with van der Waals surface area (Å²) in [6, 6.07) is 4.55. The number of fused-ring (bicyclic) bond motifs is 3. The maximum absolute atomic E-state index is 11.4. The first kappa shape index (κ1) is 17.4. The van der Waals surface area contributed by atoms with Crippen molar-refractivity contribution < 1.29 is 19.1 Å². The number of carboxylic acid groups (broad SMARTS) is 1. The monoisotopic (exact) mass is 400 g/mol. The quantitative estimate of drug-likeness (QED) is 0.715. The van der Waals surface area contributed by atoms with Gasteiger partial charge in [-0.15, -0.1) is 11.3 Å². The zero-order valence-corrected chi connectivity index (χ0v) is 16.3. The average Bonchev–Trinajstić information content (AvgIpc) is 3.36. The largest absolute Gasteiger partial charge is 0.465 e. The number of thiazole rings is 1. The van der Waals surface area contributed by atoms with Crippen molar-refractivity contribution >= 4 is 34.5 Å². The summed E-state index contributed by atoms with van der Waals surface area (Å²) < 4.78 is 11.7. The van der Waals surface area contributed by atoms with Gasteiger partial charge in [0.15, 0.2) is 5.58 Å². The molecular weight excluding hydrogens is 380 g/mol. The van der Waals surface area contributed by atoms with Gasteiger partial charge in [0.2, 0.25) is 0 Å². The number of piperazine rings is 1. The molecule has 3 saturated heterocycles. The first-order valence-corrected chi connectivity index (χ1v) is 10.1. The Labute approximate surface area is 165 Å². The maximum Gasteiger partial charge on any atom is 0.407 e. The average molecular weight is 400 g/mol. The van der Waals surface area contributed by atoms with Gasteiger partial charge in [0.05, 0.1) is 23.8 Å². The van der Waals surface area contributed by atoms with E-state index in [1.54, 1.807) is 29.5 Å². The van der Waals surface area contributed by atoms with Gasteiger partial charge in [-0.3, -0.25) is 4.90 Å². The van der Waals surface area contributed by atoms with Crippen LogP contribution in [0.15, 0.2) is 28.1 Å². The van der Waals surface area contributed by atoms with Crippen LogP contribution in [0.4, 0.5) is 10.8 Å². The summed E-state index contributed by atoms with van der Waals surface area (Å²) in [6.07, 6.45) is 1.70. The van der Waals surface area contributed by atoms with Crippen molar-refractivity contribution in [3.05, 3.63) is 29.3 Å². The van der Waals surface area contributed by atoms with Crippen LogP contribution in [0.5, 0.6) is 0 Å². The van der Waals surface area contributed by atoms with Crippen LogP contribution < -0.4 is 4.90 Å². The van der Waals surface area contributed by atoms with E-state index in [0.29, 0.717) is 24.7 Å². The lowest BCUT2D eigenvalue weighted by atomic mass is 9.88. The van der Waals surface area contributed by atoms with E-state index in [1.165, 1.54) is 0 Å². The Hall–Kier alpha value is -2.65. The molecule has 3 aliphatic rings. The lowest BCUT2D eigenvalue weighted by molar-refractivity contribution is 0.0101. The fourth-order valence-electron chi connectivity index (χ4n) is 4.21. The topological polar surface area (TPSA) is 91.9 Å². The van der Waals surface area contributed by atoms with Crippen LogP contribution in [0, 0.1) is 0 Å². The molecular formula is C19H20N4O4S. The van der Waals surface area contributed by atoms with Crippen molar-refractivity contribution in [3.63, 3.8) is 0 Å². The Kier molecular flexibility index (Phi) is 4.02. The number of aromatic nitrogens is 2. The number of amides is 1. The molecule has 28 heavy (non-hydrogen) atoms. The van der Waals surface area contributed by atoms with E-state index >= 15 is 0 Å². The summed E-state index contributed by atoms with van der Waals surface area (Å²) in [4.78, 5) is 24.2. The fraction of sp³-hybridized carbons (Fsp3) is 0.421. The second-order valence-corrected chi connectivity index (χ2v) is 8.12. The van der Waals surface area contributed by atoms with Crippen molar-refractivity contribution in [3.8, 4) is 10.6 Å². The van der Waals surface area contributed by atoms with Crippen LogP contribution in [-0.4, -0.2) is 58.4 Å². The maximum atomic E-state index is 11.4. The number of piperidine rings is 1. The zero-order valence-electron chi connectivity index (χ0n) is 15.5. The number of benzene rings is 1. The standard InChI is InChI=1S/C19H20N4O4S/c1-10(26-2)13-3-4-14(17-20-5-6-28-17)16-15(13)21-18(27-16)22-8-11-7-12(9-22)23(11)19(24)25/h3-6,10-12H,7-9H2,1-2H3,(H,24,25). The Balaban J connectivity index is 1.56. The molecule has 0 radical (unpaired) electrons. The molecule has 0 saturated carbocycles. The highest BCUT2D eigenvalue weighted by atomic mass is 32.1. The van der Waals surface area contributed by atoms with Crippen LogP contribution in [0.25, 0.3) is 21.7 Å². The Morgan fingerprint density at radius 2 is 2.18 bits per heavy atom. The van der Waals surface area contributed by atoms with E-state index in [1.807, 2.05) is 29.3 Å². The summed E-state index contributed by atoms with van der Waals surface area (Å²) in [7, 11) is 1.67. The van der Waals surface area contributed by atoms with Crippen molar-refractivity contribution in [2.75, 3.05) is 25.1 Å². The fourth-order valence-corrected chi connectivity index (χ4v) is 4.87. The second kappa shape index (κ2) is 6.46. The lowest BCUT2D eigenvalue weighted by Crippen LogP contribution is -2.70. The summed E-state index contributed by atoms with van der Waals surface area (Å²) in [5.74, 6) is 0. The minimum atomic E-state index is -0.847. The predicted molar refractivity (Wildman–Crippen MR) is 105 cm³/mol. The number of hydrogen-bond acceptors (Lipinski definition) is 7. The molecule has 2 bridgehead atoms. The Bertz CT molecular complexity index is 1020. The minimum Gasteiger partial charge on any atom is -0.465 e. The molecule has 1 amide bonds. The molecule has 9 heteroatoms. The van der Waals surface area contributed by atoms with Crippen molar-refractivity contribution in [1.29, 1.82) is 0 Å². The molecule has 5 heterocycles. The first-order chi connectivity index (χ1) is 13.6. The number of methoxy groups -OCH3 is 1. The molecule has 3 fully saturated rings. The highest BCUT2D eigenvalue weighted by Crippen LogP contribution is 2.39. The Morgan fingerprint density at radius 1 is 1.39 bits per heavy atom. The third-order valence-corrected chi connectivity index (χ3v) is 6.51. The number of ether oxygens (including phenoxy) is 1. The molecule has 0 aliphatic carbocycles. The number of oxazole rings is 1. The predicted octanol–water partition coefficient (Wildman–Crippen LogP) is 3.60. The molecule has 3 atom stereocenters. The van der Waals surface area contributed by atoms with Crippen molar-refractivity contribution in [1.82, 2.24) is 14.9 Å². The van der Waals surface area contributed by atoms with E-state index in [2.05, 4.69) is 4.98 Å². The van der Waals surface area contributed by atoms with Gasteiger partial charge in [0.1, 0.15) is 10.5 Å². The van der Waals surface area contributed by atoms with Gasteiger partial charge in [0, 0.05) is 37.3 Å². The van der Waals surface area contributed by atoms with Crippen LogP contribution in [0.1, 0.15) is 25.0 Å². The third kappa shape index (κ3) is 2.57. The molecule has 146 valence electrons. The smallest absolute Gasteiger partial charge is 0.407 e. The lowest BCUT2D eigenvalue weighted by Gasteiger charge is -2.54. The van der Waals surface area contributed by atoms with E-state index in [4.69, 9.17) is 14.1 Å². The normalized spacial score (nSPS) is 22.4. The second-order valence-electron chi connectivity index (χ2n) is 7.23. The highest BCUT2D eigenvalue weighted by molar-refractivity contribution is 7.13. The minimum absolute atomic E-state index is 0.00191. The molecule has 8 nitrogen and oxygen atoms in total. The van der Waals surface area contributed by atoms with Crippen LogP contribution in [0.3, 0.4) is 0 Å². The van der Waals surface area contributed by atoms with Gasteiger partial charge in [0.25, 0.3) is 6.01 Å². The third-order valence-electron chi connectivity index (χ3n) is 5.70. The van der Waals surface area contributed by atoms with Gasteiger partial charge in [-0.05, 0) is 19.4 Å². The zero-order chi connectivity index (χ0) is 19.4. The molecule has 0 spiro atoms. The van der Waals surface area contributed by atoms with Crippen LogP contribution in [-0.2, 0) is 4.74 Å². The summed E-state index contributed by atoms with van der Waals surface area (Å²) >= 11 is 1.55.